The van der Waals surface area contributed by atoms with Gasteiger partial charge in [0, 0.05) is 5.56 Å². The highest BCUT2D eigenvalue weighted by molar-refractivity contribution is 7.89. The molecule has 0 saturated heterocycles. The topological polar surface area (TPSA) is 124 Å². The van der Waals surface area contributed by atoms with Crippen molar-refractivity contribution < 1.29 is 27.5 Å². The molecule has 0 bridgehead atoms. The van der Waals surface area contributed by atoms with E-state index in [0.717, 1.165) is 17.0 Å². The number of primary sulfonamides is 1. The number of nitrogens with two attached hydrogens (primary N) is 1. The first kappa shape index (κ1) is 24.3. The maximum absolute atomic E-state index is 13.0. The number of benzene rings is 2. The van der Waals surface area contributed by atoms with Crippen LogP contribution in [0.5, 0.6) is 0 Å². The normalized spacial score (nSPS) is 11.5. The molecule has 0 aliphatic rings. The van der Waals surface area contributed by atoms with Gasteiger partial charge < -0.3 is 4.74 Å². The first-order chi connectivity index (χ1) is 14.2. The molecule has 0 aliphatic heterocycles. The summed E-state index contributed by atoms with van der Waals surface area (Å²) in [5.41, 5.74) is -0.471. The number of hydrogen-bond donors (Lipinski definition) is 1. The van der Waals surface area contributed by atoms with Gasteiger partial charge in [0.2, 0.25) is 10.0 Å². The second-order valence-corrected chi connectivity index (χ2v) is 9.36. The predicted octanol–water partition coefficient (Wildman–Crippen LogP) is 3.30. The van der Waals surface area contributed by atoms with Gasteiger partial charge in [-0.3, -0.25) is 9.59 Å². The maximum atomic E-state index is 13.0. The molecule has 10 heteroatoms. The Kier molecular flexibility index (Phi) is 7.05. The molecule has 0 radical (unpaired) electrons. The number of halogens is 1. The van der Waals surface area contributed by atoms with Crippen molar-refractivity contribution in [1.29, 1.82) is 0 Å². The minimum atomic E-state index is -4.20. The van der Waals surface area contributed by atoms with Gasteiger partial charge >= 0.3 is 5.97 Å². The second-order valence-electron chi connectivity index (χ2n) is 7.42. The Morgan fingerprint density at radius 2 is 1.61 bits per heavy atom. The van der Waals surface area contributed by atoms with Crippen LogP contribution in [0.2, 0.25) is 5.02 Å². The molecule has 8 nitrogen and oxygen atoms in total. The number of nitrogens with zero attached hydrogens (tertiary/aromatic N) is 1. The second kappa shape index (κ2) is 9.01. The summed E-state index contributed by atoms with van der Waals surface area (Å²) in [4.78, 5) is 37.9. The van der Waals surface area contributed by atoms with E-state index in [0.29, 0.717) is 0 Å². The number of hydrogen-bond acceptors (Lipinski definition) is 6. The fourth-order valence-electron chi connectivity index (χ4n) is 2.50. The van der Waals surface area contributed by atoms with Gasteiger partial charge in [0.1, 0.15) is 10.5 Å². The quantitative estimate of drug-likeness (QED) is 0.534. The molecule has 2 rings (SSSR count). The molecule has 0 atom stereocenters. The van der Waals surface area contributed by atoms with Gasteiger partial charge in [0.15, 0.2) is 0 Å². The summed E-state index contributed by atoms with van der Waals surface area (Å²) in [5.74, 6) is -2.17. The van der Waals surface area contributed by atoms with Crippen LogP contribution in [0.15, 0.2) is 60.0 Å². The number of rotatable bonds is 5. The largest absolute Gasteiger partial charge is 0.456 e. The van der Waals surface area contributed by atoms with E-state index >= 15 is 0 Å². The Balaban J connectivity index is 2.46. The zero-order valence-corrected chi connectivity index (χ0v) is 18.7. The third-order valence-electron chi connectivity index (χ3n) is 3.84. The van der Waals surface area contributed by atoms with Crippen LogP contribution in [0.3, 0.4) is 0 Å². The molecular formula is C21H21ClN2O6S. The molecule has 2 aromatic carbocycles. The fraction of sp³-hybridized carbons (Fsp3) is 0.190. The van der Waals surface area contributed by atoms with Crippen LogP contribution in [0.25, 0.3) is 0 Å². The first-order valence-electron chi connectivity index (χ1n) is 8.91. The molecule has 2 aromatic rings. The number of sulfonamides is 1. The van der Waals surface area contributed by atoms with Crippen molar-refractivity contribution in [2.75, 3.05) is 4.90 Å². The van der Waals surface area contributed by atoms with E-state index in [-0.39, 0.29) is 21.8 Å². The van der Waals surface area contributed by atoms with Gasteiger partial charge in [-0.25, -0.2) is 23.3 Å². The number of ether oxygens (including phenoxy) is 1. The van der Waals surface area contributed by atoms with Crippen molar-refractivity contribution >= 4 is 45.1 Å². The predicted molar refractivity (Wildman–Crippen MR) is 116 cm³/mol. The molecule has 0 aliphatic carbocycles. The van der Waals surface area contributed by atoms with E-state index in [2.05, 4.69) is 6.58 Å². The monoisotopic (exact) mass is 464 g/mol. The van der Waals surface area contributed by atoms with Crippen molar-refractivity contribution in [2.24, 2.45) is 5.14 Å². The Labute approximate surface area is 185 Å². The number of esters is 1. The number of carbonyl (C=O) groups is 3. The van der Waals surface area contributed by atoms with Crippen molar-refractivity contribution in [1.82, 2.24) is 0 Å². The van der Waals surface area contributed by atoms with Crippen LogP contribution < -0.4 is 10.0 Å². The first-order valence-corrected chi connectivity index (χ1v) is 10.8. The molecule has 0 aromatic heterocycles. The van der Waals surface area contributed by atoms with Crippen LogP contribution >= 0.6 is 11.6 Å². The summed E-state index contributed by atoms with van der Waals surface area (Å²) in [6, 6.07) is 9.01. The molecule has 31 heavy (non-hydrogen) atoms. The average molecular weight is 465 g/mol. The average Bonchev–Trinajstić information content (AvgIpc) is 2.66. The van der Waals surface area contributed by atoms with Gasteiger partial charge in [-0.2, -0.15) is 0 Å². The zero-order chi connectivity index (χ0) is 23.6. The molecule has 2 N–H and O–H groups in total. The van der Waals surface area contributed by atoms with E-state index in [1.165, 1.54) is 36.4 Å². The van der Waals surface area contributed by atoms with E-state index in [9.17, 15) is 22.8 Å². The lowest BCUT2D eigenvalue weighted by molar-refractivity contribution is -0.113. The fourth-order valence-corrected chi connectivity index (χ4v) is 3.57. The van der Waals surface area contributed by atoms with Crippen LogP contribution in [0, 0.1) is 0 Å². The van der Waals surface area contributed by atoms with E-state index in [4.69, 9.17) is 21.5 Å². The van der Waals surface area contributed by atoms with Gasteiger partial charge in [-0.1, -0.05) is 18.2 Å². The third kappa shape index (κ3) is 6.00. The molecule has 0 heterocycles. The van der Waals surface area contributed by atoms with Crippen molar-refractivity contribution in [3.63, 3.8) is 0 Å². The Bertz CT molecular complexity index is 1150. The van der Waals surface area contributed by atoms with Gasteiger partial charge in [-0.15, -0.1) is 0 Å². The summed E-state index contributed by atoms with van der Waals surface area (Å²) in [7, 11) is -4.20. The number of amides is 2. The van der Waals surface area contributed by atoms with Crippen molar-refractivity contribution in [2.45, 2.75) is 31.3 Å². The highest BCUT2D eigenvalue weighted by Gasteiger charge is 2.26. The van der Waals surface area contributed by atoms with Crippen LogP contribution in [0.4, 0.5) is 5.69 Å². The molecule has 0 unspecified atom stereocenters. The van der Waals surface area contributed by atoms with Crippen LogP contribution in [-0.4, -0.2) is 31.8 Å². The number of anilines is 1. The van der Waals surface area contributed by atoms with E-state index < -0.39 is 38.3 Å². The standard InChI is InChI=1S/C21H21ClN2O6S/c1-5-18(25)24(15-9-6-13(7-10-15)20(27)30-21(2,3)4)19(26)14-8-11-16(22)17(12-14)31(23,28)29/h5-12H,1H2,2-4H3,(H2,23,28,29). The Morgan fingerprint density at radius 3 is 2.10 bits per heavy atom. The Morgan fingerprint density at radius 1 is 1.06 bits per heavy atom. The van der Waals surface area contributed by atoms with Crippen molar-refractivity contribution in [3.05, 3.63) is 71.3 Å². The number of imide groups is 1. The zero-order valence-electron chi connectivity index (χ0n) is 17.1. The van der Waals surface area contributed by atoms with Crippen LogP contribution in [-0.2, 0) is 19.6 Å². The lowest BCUT2D eigenvalue weighted by atomic mass is 10.1. The van der Waals surface area contributed by atoms with Gasteiger partial charge in [-0.05, 0) is 69.3 Å². The van der Waals surface area contributed by atoms with E-state index in [1.54, 1.807) is 20.8 Å². The third-order valence-corrected chi connectivity index (χ3v) is 5.24. The molecule has 0 saturated carbocycles. The SMILES string of the molecule is C=CC(=O)N(C(=O)c1ccc(Cl)c(S(N)(=O)=O)c1)c1ccc(C(=O)OC(C)(C)C)cc1. The Hall–Kier alpha value is -3.01. The molecule has 0 fully saturated rings. The smallest absolute Gasteiger partial charge is 0.338 e. The molecule has 2 amide bonds. The summed E-state index contributed by atoms with van der Waals surface area (Å²) < 4.78 is 28.7. The van der Waals surface area contributed by atoms with Crippen LogP contribution in [0.1, 0.15) is 41.5 Å². The van der Waals surface area contributed by atoms with E-state index in [1.807, 2.05) is 0 Å². The molecular weight excluding hydrogens is 444 g/mol. The lowest BCUT2D eigenvalue weighted by Gasteiger charge is -2.21. The minimum Gasteiger partial charge on any atom is -0.456 e. The summed E-state index contributed by atoms with van der Waals surface area (Å²) in [6.45, 7) is 8.57. The summed E-state index contributed by atoms with van der Waals surface area (Å²) in [6.07, 6.45) is 0.927. The summed E-state index contributed by atoms with van der Waals surface area (Å²) in [5, 5.41) is 4.96. The van der Waals surface area contributed by atoms with Crippen molar-refractivity contribution in [3.8, 4) is 0 Å². The maximum Gasteiger partial charge on any atom is 0.338 e. The summed E-state index contributed by atoms with van der Waals surface area (Å²) >= 11 is 5.85. The minimum absolute atomic E-state index is 0.134. The van der Waals surface area contributed by atoms with Gasteiger partial charge in [0.25, 0.3) is 11.8 Å². The number of carbonyl (C=O) groups excluding carboxylic acids is 3. The highest BCUT2D eigenvalue weighted by atomic mass is 35.5. The molecule has 164 valence electrons. The highest BCUT2D eigenvalue weighted by Crippen LogP contribution is 2.25. The molecule has 0 spiro atoms. The van der Waals surface area contributed by atoms with Gasteiger partial charge in [0.05, 0.1) is 16.3 Å². The lowest BCUT2D eigenvalue weighted by Crippen LogP contribution is -2.36.